The van der Waals surface area contributed by atoms with Gasteiger partial charge in [0.25, 0.3) is 0 Å². The van der Waals surface area contributed by atoms with Crippen LogP contribution >= 0.6 is 0 Å². The van der Waals surface area contributed by atoms with E-state index >= 15 is 0 Å². The first-order valence-electron chi connectivity index (χ1n) is 6.48. The fraction of sp³-hybridized carbons (Fsp3) is 0.267. The van der Waals surface area contributed by atoms with Crippen LogP contribution in [0.1, 0.15) is 17.9 Å². The van der Waals surface area contributed by atoms with E-state index in [-0.39, 0.29) is 0 Å². The first-order chi connectivity index (χ1) is 8.92. The Labute approximate surface area is 105 Å². The molecule has 1 aliphatic heterocycles. The van der Waals surface area contributed by atoms with Gasteiger partial charge in [-0.1, -0.05) is 6.07 Å². The Hall–Kier alpha value is -1.87. The van der Waals surface area contributed by atoms with Gasteiger partial charge in [-0.05, 0) is 42.6 Å². The normalized spacial score (nSPS) is 19.9. The summed E-state index contributed by atoms with van der Waals surface area (Å²) in [7, 11) is 0. The predicted octanol–water partition coefficient (Wildman–Crippen LogP) is 2.79. The number of hydrogen-bond acceptors (Lipinski definition) is 2. The molecular formula is C15H15N3. The summed E-state index contributed by atoms with van der Waals surface area (Å²) in [6.07, 6.45) is 5.00. The van der Waals surface area contributed by atoms with Crippen molar-refractivity contribution in [2.45, 2.75) is 12.3 Å². The Kier molecular flexibility index (Phi) is 2.14. The fourth-order valence-electron chi connectivity index (χ4n) is 2.96. The predicted molar refractivity (Wildman–Crippen MR) is 73.8 cm³/mol. The van der Waals surface area contributed by atoms with Crippen molar-refractivity contribution < 1.29 is 0 Å². The number of hydrogen-bond donors (Lipinski definition) is 2. The molecule has 0 saturated carbocycles. The summed E-state index contributed by atoms with van der Waals surface area (Å²) in [5, 5.41) is 6.02. The van der Waals surface area contributed by atoms with E-state index in [1.54, 1.807) is 0 Å². The van der Waals surface area contributed by atoms with E-state index in [2.05, 4.69) is 39.6 Å². The molecule has 0 radical (unpaired) electrons. The molecule has 3 heterocycles. The lowest BCUT2D eigenvalue weighted by atomic mass is 9.97. The number of nitrogens with one attached hydrogen (secondary N) is 2. The monoisotopic (exact) mass is 237 g/mol. The zero-order valence-electron chi connectivity index (χ0n) is 10.1. The number of H-pyrrole nitrogens is 1. The van der Waals surface area contributed by atoms with Crippen molar-refractivity contribution in [1.82, 2.24) is 15.3 Å². The number of rotatable bonds is 1. The van der Waals surface area contributed by atoms with Crippen molar-refractivity contribution in [3.8, 4) is 0 Å². The van der Waals surface area contributed by atoms with Crippen molar-refractivity contribution in [2.75, 3.05) is 13.1 Å². The minimum Gasteiger partial charge on any atom is -0.353 e. The smallest absolute Gasteiger partial charge is 0.0651 e. The standard InChI is InChI=1S/C15H15N3/c1-2-14-13(7-10(1)11-3-5-16-8-11)12-4-6-17-9-15(12)18-14/h1-2,4,6-7,9,11,16,18H,3,5,8H2. The molecule has 1 atom stereocenters. The summed E-state index contributed by atoms with van der Waals surface area (Å²) >= 11 is 0. The second kappa shape index (κ2) is 3.82. The average molecular weight is 237 g/mol. The van der Waals surface area contributed by atoms with Gasteiger partial charge in [0.1, 0.15) is 0 Å². The van der Waals surface area contributed by atoms with Gasteiger partial charge in [-0.25, -0.2) is 0 Å². The van der Waals surface area contributed by atoms with Gasteiger partial charge >= 0.3 is 0 Å². The van der Waals surface area contributed by atoms with Crippen molar-refractivity contribution in [3.63, 3.8) is 0 Å². The molecule has 2 N–H and O–H groups in total. The highest BCUT2D eigenvalue weighted by molar-refractivity contribution is 6.07. The Bertz CT molecular complexity index is 708. The number of pyridine rings is 1. The van der Waals surface area contributed by atoms with E-state index < -0.39 is 0 Å². The molecule has 0 aliphatic carbocycles. The first-order valence-corrected chi connectivity index (χ1v) is 6.48. The van der Waals surface area contributed by atoms with Gasteiger partial charge in [0.15, 0.2) is 0 Å². The van der Waals surface area contributed by atoms with E-state index in [9.17, 15) is 0 Å². The molecule has 1 fully saturated rings. The third-order valence-corrected chi connectivity index (χ3v) is 3.96. The molecule has 0 spiro atoms. The van der Waals surface area contributed by atoms with Crippen molar-refractivity contribution >= 4 is 21.8 Å². The average Bonchev–Trinajstić information content (AvgIpc) is 3.05. The van der Waals surface area contributed by atoms with Crippen LogP contribution in [0.15, 0.2) is 36.7 Å². The highest BCUT2D eigenvalue weighted by atomic mass is 14.9. The largest absolute Gasteiger partial charge is 0.353 e. The molecule has 3 nitrogen and oxygen atoms in total. The quantitative estimate of drug-likeness (QED) is 0.683. The maximum atomic E-state index is 4.17. The molecule has 1 saturated heterocycles. The summed E-state index contributed by atoms with van der Waals surface area (Å²) in [4.78, 5) is 7.58. The topological polar surface area (TPSA) is 40.7 Å². The van der Waals surface area contributed by atoms with Crippen LogP contribution in [-0.4, -0.2) is 23.1 Å². The molecule has 1 unspecified atom stereocenters. The summed E-state index contributed by atoms with van der Waals surface area (Å²) in [6, 6.07) is 8.88. The second-order valence-electron chi connectivity index (χ2n) is 5.04. The number of nitrogens with zero attached hydrogens (tertiary/aromatic N) is 1. The van der Waals surface area contributed by atoms with Crippen molar-refractivity contribution in [2.24, 2.45) is 0 Å². The summed E-state index contributed by atoms with van der Waals surface area (Å²) in [5.74, 6) is 0.668. The van der Waals surface area contributed by atoms with E-state index in [0.717, 1.165) is 18.6 Å². The Morgan fingerprint density at radius 1 is 1.11 bits per heavy atom. The van der Waals surface area contributed by atoms with E-state index in [0.29, 0.717) is 5.92 Å². The molecule has 4 rings (SSSR count). The van der Waals surface area contributed by atoms with Crippen LogP contribution in [0.5, 0.6) is 0 Å². The SMILES string of the molecule is c1cc2c(cn1)[nH]c1ccc(C3CCNC3)cc12. The summed E-state index contributed by atoms with van der Waals surface area (Å²) in [5.41, 5.74) is 3.77. The third-order valence-electron chi connectivity index (χ3n) is 3.96. The third kappa shape index (κ3) is 1.44. The molecule has 18 heavy (non-hydrogen) atoms. The van der Waals surface area contributed by atoms with E-state index in [4.69, 9.17) is 0 Å². The van der Waals surface area contributed by atoms with Crippen molar-refractivity contribution in [3.05, 3.63) is 42.2 Å². The lowest BCUT2D eigenvalue weighted by Crippen LogP contribution is -2.07. The zero-order valence-corrected chi connectivity index (χ0v) is 10.1. The number of aromatic nitrogens is 2. The second-order valence-corrected chi connectivity index (χ2v) is 5.04. The number of fused-ring (bicyclic) bond motifs is 3. The lowest BCUT2D eigenvalue weighted by molar-refractivity contribution is 0.765. The summed E-state index contributed by atoms with van der Waals surface area (Å²) in [6.45, 7) is 2.25. The van der Waals surface area contributed by atoms with Gasteiger partial charge in [0.05, 0.1) is 11.7 Å². The minimum atomic E-state index is 0.668. The first kappa shape index (κ1) is 10.1. The molecule has 1 aromatic carbocycles. The number of benzene rings is 1. The van der Waals surface area contributed by atoms with Gasteiger partial charge in [0.2, 0.25) is 0 Å². The molecule has 0 amide bonds. The Balaban J connectivity index is 1.94. The van der Waals surface area contributed by atoms with Crippen LogP contribution in [0, 0.1) is 0 Å². The minimum absolute atomic E-state index is 0.668. The van der Waals surface area contributed by atoms with Crippen LogP contribution in [0.25, 0.3) is 21.8 Å². The maximum absolute atomic E-state index is 4.17. The fourth-order valence-corrected chi connectivity index (χ4v) is 2.96. The van der Waals surface area contributed by atoms with E-state index in [1.807, 2.05) is 12.4 Å². The summed E-state index contributed by atoms with van der Waals surface area (Å²) < 4.78 is 0. The Morgan fingerprint density at radius 3 is 3.00 bits per heavy atom. The highest BCUT2D eigenvalue weighted by Gasteiger charge is 2.17. The van der Waals surface area contributed by atoms with Crippen LogP contribution in [0.3, 0.4) is 0 Å². The van der Waals surface area contributed by atoms with Crippen molar-refractivity contribution in [1.29, 1.82) is 0 Å². The van der Waals surface area contributed by atoms with Gasteiger partial charge in [-0.3, -0.25) is 4.98 Å². The van der Waals surface area contributed by atoms with Gasteiger partial charge in [-0.15, -0.1) is 0 Å². The van der Waals surface area contributed by atoms with Crippen LogP contribution < -0.4 is 5.32 Å². The molecular weight excluding hydrogens is 222 g/mol. The van der Waals surface area contributed by atoms with E-state index in [1.165, 1.54) is 28.3 Å². The van der Waals surface area contributed by atoms with Gasteiger partial charge in [0, 0.05) is 29.0 Å². The molecule has 3 aromatic rings. The van der Waals surface area contributed by atoms with Gasteiger partial charge < -0.3 is 10.3 Å². The van der Waals surface area contributed by atoms with Crippen LogP contribution in [0.2, 0.25) is 0 Å². The lowest BCUT2D eigenvalue weighted by Gasteiger charge is -2.08. The molecule has 90 valence electrons. The van der Waals surface area contributed by atoms with Gasteiger partial charge in [-0.2, -0.15) is 0 Å². The Morgan fingerprint density at radius 2 is 2.11 bits per heavy atom. The highest BCUT2D eigenvalue weighted by Crippen LogP contribution is 2.29. The zero-order chi connectivity index (χ0) is 11.9. The number of aromatic amines is 1. The van der Waals surface area contributed by atoms with Crippen LogP contribution in [-0.2, 0) is 0 Å². The molecule has 2 aromatic heterocycles. The molecule has 1 aliphatic rings. The van der Waals surface area contributed by atoms with Crippen LogP contribution in [0.4, 0.5) is 0 Å². The molecule has 0 bridgehead atoms. The molecule has 3 heteroatoms. The maximum Gasteiger partial charge on any atom is 0.0651 e.